The first-order chi connectivity index (χ1) is 33.3. The predicted molar refractivity (Wildman–Crippen MR) is 268 cm³/mol. The standard InChI is InChI=1S/C58H88O13S/c1-31(35-15-16-42-52(35,10)22-19-43-55-28-45(60)57(62,68-30-55)48(3,4)41(55)20-23-56(42,43)61)12-17-46-53(11)26-33(50(7,8)71-53)24-39(69-46)32(2)36-13-14-37-34-25-40(70-72(64,65)66)47-49(5,6)58(63)44(59)27-54(47,29-67-58)38(34)18-21-51(36,37)9/h19-20,31-33,35-37,39-40,42,44-47,59-63H,12-18,21-30H2,1-11H3,(H,64,65,66). The number of hydrogen-bond acceptors (Lipinski definition) is 12. The maximum absolute atomic E-state index is 13.1. The van der Waals surface area contributed by atoms with Gasteiger partial charge in [-0.3, -0.25) is 4.55 Å². The van der Waals surface area contributed by atoms with Gasteiger partial charge in [-0.25, -0.2) is 4.18 Å². The molecule has 2 spiro atoms. The minimum absolute atomic E-state index is 0.0242. The summed E-state index contributed by atoms with van der Waals surface area (Å²) in [6.07, 6.45) is 13.2. The van der Waals surface area contributed by atoms with Crippen LogP contribution < -0.4 is 0 Å². The van der Waals surface area contributed by atoms with Crippen molar-refractivity contribution in [2.24, 2.45) is 79.8 Å². The molecular formula is C58H88O13S. The summed E-state index contributed by atoms with van der Waals surface area (Å²) in [6.45, 7) is 24.6. The number of rotatable bonds is 8. The van der Waals surface area contributed by atoms with Crippen LogP contribution in [0.25, 0.3) is 0 Å². The zero-order valence-corrected chi connectivity index (χ0v) is 45.9. The smallest absolute Gasteiger partial charge is 0.387 e. The first kappa shape index (κ1) is 51.5. The highest BCUT2D eigenvalue weighted by molar-refractivity contribution is 7.80. The third-order valence-electron chi connectivity index (χ3n) is 25.0. The van der Waals surface area contributed by atoms with Gasteiger partial charge in [0.05, 0.1) is 48.3 Å². The minimum Gasteiger partial charge on any atom is -0.387 e. The Kier molecular flexibility index (Phi) is 11.1. The zero-order chi connectivity index (χ0) is 51.8. The van der Waals surface area contributed by atoms with Crippen molar-refractivity contribution in [2.75, 3.05) is 13.2 Å². The van der Waals surface area contributed by atoms with E-state index in [1.54, 1.807) is 0 Å². The Hall–Kier alpha value is -1.27. The van der Waals surface area contributed by atoms with Crippen molar-refractivity contribution in [1.29, 1.82) is 0 Å². The fourth-order valence-corrected chi connectivity index (χ4v) is 22.2. The molecule has 404 valence electrons. The van der Waals surface area contributed by atoms with Gasteiger partial charge in [0.25, 0.3) is 0 Å². The fraction of sp³-hybridized carbons (Fsp3) is 0.897. The van der Waals surface area contributed by atoms with Gasteiger partial charge >= 0.3 is 10.4 Å². The quantitative estimate of drug-likeness (QED) is 0.0999. The highest BCUT2D eigenvalue weighted by Gasteiger charge is 2.76. The van der Waals surface area contributed by atoms with E-state index in [4.69, 9.17) is 23.1 Å². The maximum atomic E-state index is 13.1. The second-order valence-corrected chi connectivity index (χ2v) is 30.1. The average molecular weight is 1030 g/mol. The molecule has 10 fully saturated rings. The number of fused-ring (bicyclic) bond motifs is 11. The summed E-state index contributed by atoms with van der Waals surface area (Å²) in [6, 6.07) is 0. The molecule has 8 aliphatic carbocycles. The summed E-state index contributed by atoms with van der Waals surface area (Å²) in [5.74, 6) is -2.05. The molecular weight excluding hydrogens is 937 g/mol. The van der Waals surface area contributed by atoms with E-state index in [1.165, 1.54) is 11.1 Å². The number of hydrogen-bond donors (Lipinski definition) is 6. The van der Waals surface area contributed by atoms with Crippen LogP contribution in [0.15, 0.2) is 34.4 Å². The van der Waals surface area contributed by atoms with E-state index in [0.29, 0.717) is 42.9 Å². The van der Waals surface area contributed by atoms with E-state index in [0.717, 1.165) is 81.8 Å². The lowest BCUT2D eigenvalue weighted by molar-refractivity contribution is -0.408. The van der Waals surface area contributed by atoms with Gasteiger partial charge in [-0.05, 0) is 175 Å². The van der Waals surface area contributed by atoms with Crippen LogP contribution in [0.3, 0.4) is 0 Å². The minimum atomic E-state index is -4.83. The number of allylic oxidation sites excluding steroid dienone is 1. The van der Waals surface area contributed by atoms with Crippen LogP contribution in [-0.2, 0) is 33.5 Å². The summed E-state index contributed by atoms with van der Waals surface area (Å²) >= 11 is 0. The Labute approximate surface area is 429 Å². The van der Waals surface area contributed by atoms with Gasteiger partial charge in [0.2, 0.25) is 5.79 Å². The molecule has 0 amide bonds. The Morgan fingerprint density at radius 3 is 2.18 bits per heavy atom. The van der Waals surface area contributed by atoms with Crippen molar-refractivity contribution in [3.63, 3.8) is 0 Å². The highest BCUT2D eigenvalue weighted by atomic mass is 32.3. The first-order valence-electron chi connectivity index (χ1n) is 28.3. The van der Waals surface area contributed by atoms with E-state index < -0.39 is 79.1 Å². The second kappa shape index (κ2) is 15.5. The molecule has 13 nitrogen and oxygen atoms in total. The molecule has 0 radical (unpaired) electrons. The molecule has 6 saturated heterocycles. The third kappa shape index (κ3) is 6.41. The average Bonchev–Trinajstić information content (AvgIpc) is 3.86. The molecule has 14 rings (SSSR count). The van der Waals surface area contributed by atoms with Crippen LogP contribution in [0.2, 0.25) is 0 Å². The zero-order valence-electron chi connectivity index (χ0n) is 45.1. The lowest BCUT2D eigenvalue weighted by atomic mass is 9.42. The highest BCUT2D eigenvalue weighted by Crippen LogP contribution is 2.74. The van der Waals surface area contributed by atoms with Crippen LogP contribution in [0.1, 0.15) is 172 Å². The molecule has 72 heavy (non-hydrogen) atoms. The van der Waals surface area contributed by atoms with Gasteiger partial charge in [-0.2, -0.15) is 8.42 Å². The molecule has 21 unspecified atom stereocenters. The lowest BCUT2D eigenvalue weighted by Crippen LogP contribution is -2.76. The van der Waals surface area contributed by atoms with E-state index in [-0.39, 0.29) is 66.0 Å². The predicted octanol–water partition coefficient (Wildman–Crippen LogP) is 8.52. The number of ether oxygens (including phenoxy) is 4. The molecule has 0 aromatic rings. The maximum Gasteiger partial charge on any atom is 0.397 e. The van der Waals surface area contributed by atoms with Crippen molar-refractivity contribution in [3.8, 4) is 0 Å². The molecule has 21 atom stereocenters. The SMILES string of the molecule is CC(CCC1OC(C(C)C2CCC3C4=C(CCC32C)C23COC(O)(C(O)C2)C(C)(C)C3C(OS(=O)(=O)O)C4)CC2CC1(C)OC2(C)C)C1CCC2C3(O)CC=C4C5(COC(O)(C(O)C5)C4(C)C)C3=CCC12C. The normalized spacial score (nSPS) is 54.0. The van der Waals surface area contributed by atoms with Gasteiger partial charge < -0.3 is 44.5 Å². The second-order valence-electron chi connectivity index (χ2n) is 29.0. The Balaban J connectivity index is 0.788. The van der Waals surface area contributed by atoms with Crippen LogP contribution in [0.4, 0.5) is 0 Å². The molecule has 6 aliphatic heterocycles. The Morgan fingerprint density at radius 1 is 0.806 bits per heavy atom. The van der Waals surface area contributed by atoms with E-state index in [2.05, 4.69) is 60.6 Å². The largest absolute Gasteiger partial charge is 0.397 e. The lowest BCUT2D eigenvalue weighted by Gasteiger charge is -2.69. The molecule has 0 aromatic heterocycles. The molecule has 6 N–H and O–H groups in total. The Bertz CT molecular complexity index is 2500. The number of aliphatic hydroxyl groups is 5. The fourth-order valence-electron chi connectivity index (χ4n) is 21.7. The summed E-state index contributed by atoms with van der Waals surface area (Å²) in [5.41, 5.74) is -0.587. The van der Waals surface area contributed by atoms with Crippen molar-refractivity contribution >= 4 is 10.4 Å². The summed E-state index contributed by atoms with van der Waals surface area (Å²) in [4.78, 5) is 0. The molecule has 6 heterocycles. The molecule has 4 saturated carbocycles. The van der Waals surface area contributed by atoms with Crippen LogP contribution in [0, 0.1) is 79.8 Å². The van der Waals surface area contributed by atoms with Crippen LogP contribution >= 0.6 is 0 Å². The van der Waals surface area contributed by atoms with Gasteiger partial charge in [0.1, 0.15) is 12.2 Å². The van der Waals surface area contributed by atoms with Crippen molar-refractivity contribution < 1.29 is 61.6 Å². The topological polar surface area (TPSA) is 202 Å². The van der Waals surface area contributed by atoms with Crippen molar-refractivity contribution in [2.45, 2.75) is 231 Å². The van der Waals surface area contributed by atoms with Crippen molar-refractivity contribution in [3.05, 3.63) is 34.4 Å². The first-order valence-corrected chi connectivity index (χ1v) is 29.6. The molecule has 6 bridgehead atoms. The van der Waals surface area contributed by atoms with E-state index >= 15 is 0 Å². The van der Waals surface area contributed by atoms with Gasteiger partial charge in [0.15, 0.2) is 5.79 Å². The monoisotopic (exact) mass is 1020 g/mol. The van der Waals surface area contributed by atoms with Gasteiger partial charge in [-0.1, -0.05) is 84.3 Å². The van der Waals surface area contributed by atoms with Gasteiger partial charge in [0, 0.05) is 27.6 Å². The third-order valence-corrected chi connectivity index (χ3v) is 25.5. The summed E-state index contributed by atoms with van der Waals surface area (Å²) < 4.78 is 68.1. The molecule has 0 aromatic carbocycles. The Morgan fingerprint density at radius 2 is 1.49 bits per heavy atom. The number of aliphatic hydroxyl groups excluding tert-OH is 2. The van der Waals surface area contributed by atoms with E-state index in [9.17, 15) is 38.5 Å². The molecule has 14 aliphatic rings. The molecule has 14 heteroatoms. The van der Waals surface area contributed by atoms with Crippen LogP contribution in [-0.4, -0.2) is 111 Å². The van der Waals surface area contributed by atoms with E-state index in [1.807, 2.05) is 27.7 Å². The summed E-state index contributed by atoms with van der Waals surface area (Å²) in [7, 11) is -4.83. The van der Waals surface area contributed by atoms with Crippen molar-refractivity contribution in [1.82, 2.24) is 0 Å². The van der Waals surface area contributed by atoms with Gasteiger partial charge in [-0.15, -0.1) is 0 Å². The summed E-state index contributed by atoms with van der Waals surface area (Å²) in [5, 5.41) is 59.3. The van der Waals surface area contributed by atoms with Crippen LogP contribution in [0.5, 0.6) is 0 Å².